The van der Waals surface area contributed by atoms with Crippen LogP contribution in [0, 0.1) is 0 Å². The van der Waals surface area contributed by atoms with E-state index in [2.05, 4.69) is 5.32 Å². The van der Waals surface area contributed by atoms with Gasteiger partial charge in [-0.1, -0.05) is 12.1 Å². The van der Waals surface area contributed by atoms with Crippen LogP contribution in [0.4, 0.5) is 0 Å². The van der Waals surface area contributed by atoms with Crippen molar-refractivity contribution in [3.05, 3.63) is 29.8 Å². The molecular formula is C16H24N2O2. The molecule has 3 N–H and O–H groups in total. The minimum atomic E-state index is -0.453. The first-order chi connectivity index (χ1) is 9.54. The molecule has 4 nitrogen and oxygen atoms in total. The van der Waals surface area contributed by atoms with Crippen molar-refractivity contribution in [1.29, 1.82) is 0 Å². The van der Waals surface area contributed by atoms with Gasteiger partial charge in [0.05, 0.1) is 0 Å². The fraction of sp³-hybridized carbons (Fsp3) is 0.562. The number of hydrogen-bond donors (Lipinski definition) is 2. The lowest BCUT2D eigenvalue weighted by molar-refractivity contribution is -0.127. The van der Waals surface area contributed by atoms with Crippen LogP contribution in [0.1, 0.15) is 38.7 Å². The first kappa shape index (κ1) is 14.9. The maximum absolute atomic E-state index is 11.8. The summed E-state index contributed by atoms with van der Waals surface area (Å²) >= 11 is 0. The van der Waals surface area contributed by atoms with Crippen LogP contribution >= 0.6 is 0 Å². The molecule has 0 aromatic heterocycles. The average molecular weight is 276 g/mol. The monoisotopic (exact) mass is 276 g/mol. The van der Waals surface area contributed by atoms with Gasteiger partial charge in [0.25, 0.3) is 5.91 Å². The van der Waals surface area contributed by atoms with E-state index in [4.69, 9.17) is 10.5 Å². The Morgan fingerprint density at radius 3 is 2.55 bits per heavy atom. The molecule has 0 bridgehead atoms. The number of aryl methyl sites for hydroxylation is 1. The van der Waals surface area contributed by atoms with Gasteiger partial charge < -0.3 is 15.8 Å². The van der Waals surface area contributed by atoms with Crippen molar-refractivity contribution < 1.29 is 9.53 Å². The molecular weight excluding hydrogens is 252 g/mol. The van der Waals surface area contributed by atoms with Gasteiger partial charge in [-0.2, -0.15) is 0 Å². The number of rotatable bonds is 7. The smallest absolute Gasteiger partial charge is 0.260 e. The fourth-order valence-electron chi connectivity index (χ4n) is 1.93. The second-order valence-corrected chi connectivity index (χ2v) is 5.70. The second-order valence-electron chi connectivity index (χ2n) is 5.70. The van der Waals surface area contributed by atoms with Crippen molar-refractivity contribution >= 4 is 5.91 Å². The number of hydrogen-bond acceptors (Lipinski definition) is 3. The van der Waals surface area contributed by atoms with Gasteiger partial charge in [0.2, 0.25) is 0 Å². The van der Waals surface area contributed by atoms with Crippen LogP contribution in [0.25, 0.3) is 0 Å². The van der Waals surface area contributed by atoms with Crippen molar-refractivity contribution in [3.63, 3.8) is 0 Å². The van der Waals surface area contributed by atoms with E-state index in [1.54, 1.807) is 6.92 Å². The molecule has 4 heteroatoms. The van der Waals surface area contributed by atoms with Crippen molar-refractivity contribution in [2.75, 3.05) is 0 Å². The van der Waals surface area contributed by atoms with Gasteiger partial charge in [-0.3, -0.25) is 4.79 Å². The van der Waals surface area contributed by atoms with Crippen molar-refractivity contribution in [1.82, 2.24) is 5.32 Å². The third-order valence-corrected chi connectivity index (χ3v) is 3.42. The SMILES string of the molecule is CC(N)CCc1ccc(OC(C)C(=O)NC2CC2)cc1. The molecule has 0 saturated heterocycles. The average Bonchev–Trinajstić information content (AvgIpc) is 3.21. The Labute approximate surface area is 120 Å². The lowest BCUT2D eigenvalue weighted by atomic mass is 10.1. The van der Waals surface area contributed by atoms with Crippen LogP contribution in [-0.4, -0.2) is 24.1 Å². The minimum absolute atomic E-state index is 0.0338. The van der Waals surface area contributed by atoms with Crippen molar-refractivity contribution in [2.24, 2.45) is 5.73 Å². The van der Waals surface area contributed by atoms with Crippen LogP contribution in [0.3, 0.4) is 0 Å². The van der Waals surface area contributed by atoms with E-state index in [0.717, 1.165) is 31.4 Å². The van der Waals surface area contributed by atoms with Crippen LogP contribution in [-0.2, 0) is 11.2 Å². The molecule has 2 atom stereocenters. The fourth-order valence-corrected chi connectivity index (χ4v) is 1.93. The normalized spacial score (nSPS) is 17.4. The van der Waals surface area contributed by atoms with Crippen LogP contribution in [0.5, 0.6) is 5.75 Å². The van der Waals surface area contributed by atoms with Gasteiger partial charge in [-0.15, -0.1) is 0 Å². The van der Waals surface area contributed by atoms with Gasteiger partial charge >= 0.3 is 0 Å². The number of benzene rings is 1. The molecule has 110 valence electrons. The van der Waals surface area contributed by atoms with E-state index in [0.29, 0.717) is 6.04 Å². The Bertz CT molecular complexity index is 438. The van der Waals surface area contributed by atoms with Crippen LogP contribution < -0.4 is 15.8 Å². The number of carbonyl (C=O) groups is 1. The van der Waals surface area contributed by atoms with Crippen molar-refractivity contribution in [2.45, 2.75) is 57.7 Å². The molecule has 1 aromatic rings. The quantitative estimate of drug-likeness (QED) is 0.800. The Morgan fingerprint density at radius 1 is 1.35 bits per heavy atom. The number of ether oxygens (including phenoxy) is 1. The highest BCUT2D eigenvalue weighted by molar-refractivity contribution is 5.81. The van der Waals surface area contributed by atoms with E-state index >= 15 is 0 Å². The highest BCUT2D eigenvalue weighted by Crippen LogP contribution is 2.19. The zero-order chi connectivity index (χ0) is 14.5. The van der Waals surface area contributed by atoms with Gasteiger partial charge in [-0.05, 0) is 57.2 Å². The lowest BCUT2D eigenvalue weighted by Gasteiger charge is -2.14. The van der Waals surface area contributed by atoms with Crippen LogP contribution in [0.2, 0.25) is 0 Å². The summed E-state index contributed by atoms with van der Waals surface area (Å²) in [7, 11) is 0. The number of nitrogens with one attached hydrogen (secondary N) is 1. The summed E-state index contributed by atoms with van der Waals surface area (Å²) in [5.41, 5.74) is 6.99. The topological polar surface area (TPSA) is 64.3 Å². The Morgan fingerprint density at radius 2 is 2.00 bits per heavy atom. The summed E-state index contributed by atoms with van der Waals surface area (Å²) in [5, 5.41) is 2.94. The number of carbonyl (C=O) groups excluding carboxylic acids is 1. The summed E-state index contributed by atoms with van der Waals surface area (Å²) in [4.78, 5) is 11.8. The van der Waals surface area contributed by atoms with E-state index < -0.39 is 6.10 Å². The second kappa shape index (κ2) is 6.75. The third kappa shape index (κ3) is 4.85. The summed E-state index contributed by atoms with van der Waals surface area (Å²) < 4.78 is 5.65. The molecule has 0 radical (unpaired) electrons. The maximum Gasteiger partial charge on any atom is 0.260 e. The molecule has 1 aliphatic rings. The minimum Gasteiger partial charge on any atom is -0.481 e. The molecule has 1 fully saturated rings. The van der Waals surface area contributed by atoms with E-state index in [1.807, 2.05) is 31.2 Å². The maximum atomic E-state index is 11.8. The van der Waals surface area contributed by atoms with E-state index in [-0.39, 0.29) is 11.9 Å². The van der Waals surface area contributed by atoms with Gasteiger partial charge in [0, 0.05) is 12.1 Å². The zero-order valence-corrected chi connectivity index (χ0v) is 12.3. The number of nitrogens with two attached hydrogens (primary N) is 1. The standard InChI is InChI=1S/C16H24N2O2/c1-11(17)3-4-13-5-9-15(10-6-13)20-12(2)16(19)18-14-7-8-14/h5-6,9-12,14H,3-4,7-8,17H2,1-2H3,(H,18,19). The Balaban J connectivity index is 1.81. The largest absolute Gasteiger partial charge is 0.481 e. The van der Waals surface area contributed by atoms with Crippen molar-refractivity contribution in [3.8, 4) is 5.75 Å². The Kier molecular flexibility index (Phi) is 5.01. The molecule has 1 aromatic carbocycles. The third-order valence-electron chi connectivity index (χ3n) is 3.42. The molecule has 2 rings (SSSR count). The van der Waals surface area contributed by atoms with Crippen LogP contribution in [0.15, 0.2) is 24.3 Å². The predicted molar refractivity (Wildman–Crippen MR) is 79.7 cm³/mol. The summed E-state index contributed by atoms with van der Waals surface area (Å²) in [6.07, 6.45) is 3.67. The number of amides is 1. The highest BCUT2D eigenvalue weighted by atomic mass is 16.5. The molecule has 1 saturated carbocycles. The highest BCUT2D eigenvalue weighted by Gasteiger charge is 2.26. The summed E-state index contributed by atoms with van der Waals surface area (Å²) in [6.45, 7) is 3.79. The molecule has 1 amide bonds. The summed E-state index contributed by atoms with van der Waals surface area (Å²) in [6, 6.07) is 8.48. The lowest BCUT2D eigenvalue weighted by Crippen LogP contribution is -2.37. The Hall–Kier alpha value is -1.55. The van der Waals surface area contributed by atoms with E-state index in [1.165, 1.54) is 5.56 Å². The van der Waals surface area contributed by atoms with Gasteiger partial charge in [0.15, 0.2) is 6.10 Å². The predicted octanol–water partition coefficient (Wildman–Crippen LogP) is 2.01. The molecule has 0 spiro atoms. The molecule has 2 unspecified atom stereocenters. The zero-order valence-electron chi connectivity index (χ0n) is 12.3. The van der Waals surface area contributed by atoms with Gasteiger partial charge in [0.1, 0.15) is 5.75 Å². The first-order valence-electron chi connectivity index (χ1n) is 7.36. The van der Waals surface area contributed by atoms with Gasteiger partial charge in [-0.25, -0.2) is 0 Å². The first-order valence-corrected chi connectivity index (χ1v) is 7.36. The molecule has 20 heavy (non-hydrogen) atoms. The summed E-state index contributed by atoms with van der Waals surface area (Å²) in [5.74, 6) is 0.696. The molecule has 0 aliphatic heterocycles. The molecule has 1 aliphatic carbocycles. The molecule has 0 heterocycles. The van der Waals surface area contributed by atoms with E-state index in [9.17, 15) is 4.79 Å².